The summed E-state index contributed by atoms with van der Waals surface area (Å²) < 4.78 is 10.4. The van der Waals surface area contributed by atoms with E-state index in [4.69, 9.17) is 9.47 Å². The summed E-state index contributed by atoms with van der Waals surface area (Å²) in [7, 11) is 3.22. The predicted molar refractivity (Wildman–Crippen MR) is 75.8 cm³/mol. The van der Waals surface area contributed by atoms with E-state index in [1.807, 2.05) is 18.2 Å². The zero-order chi connectivity index (χ0) is 14.1. The van der Waals surface area contributed by atoms with Crippen molar-refractivity contribution in [1.29, 1.82) is 0 Å². The third-order valence-corrected chi connectivity index (χ3v) is 2.94. The van der Waals surface area contributed by atoms with Gasteiger partial charge in [-0.1, -0.05) is 19.4 Å². The SMILES string of the molecule is CCCCNC(=O)CCc1ccc(OC)c(OC)c1. The van der Waals surface area contributed by atoms with Gasteiger partial charge in [-0.25, -0.2) is 0 Å². The molecule has 0 unspecified atom stereocenters. The molecule has 1 N–H and O–H groups in total. The summed E-state index contributed by atoms with van der Waals surface area (Å²) in [5, 5.41) is 2.91. The van der Waals surface area contributed by atoms with Gasteiger partial charge in [0.15, 0.2) is 11.5 Å². The number of nitrogens with one attached hydrogen (secondary N) is 1. The molecule has 19 heavy (non-hydrogen) atoms. The molecule has 0 radical (unpaired) electrons. The smallest absolute Gasteiger partial charge is 0.220 e. The minimum atomic E-state index is 0.100. The van der Waals surface area contributed by atoms with E-state index in [-0.39, 0.29) is 5.91 Å². The van der Waals surface area contributed by atoms with Crippen LogP contribution in [0.5, 0.6) is 11.5 Å². The van der Waals surface area contributed by atoms with E-state index in [9.17, 15) is 4.79 Å². The fourth-order valence-electron chi connectivity index (χ4n) is 1.79. The van der Waals surface area contributed by atoms with Crippen LogP contribution in [0.4, 0.5) is 0 Å². The molecule has 0 bridgehead atoms. The Bertz CT molecular complexity index is 404. The Morgan fingerprint density at radius 1 is 1.21 bits per heavy atom. The lowest BCUT2D eigenvalue weighted by Gasteiger charge is -2.09. The van der Waals surface area contributed by atoms with Crippen molar-refractivity contribution < 1.29 is 14.3 Å². The Balaban J connectivity index is 2.47. The average molecular weight is 265 g/mol. The molecular formula is C15H23NO3. The van der Waals surface area contributed by atoms with Crippen LogP contribution in [-0.2, 0) is 11.2 Å². The van der Waals surface area contributed by atoms with Gasteiger partial charge in [0.25, 0.3) is 0 Å². The molecule has 1 rings (SSSR count). The van der Waals surface area contributed by atoms with Gasteiger partial charge in [0.1, 0.15) is 0 Å². The lowest BCUT2D eigenvalue weighted by atomic mass is 10.1. The van der Waals surface area contributed by atoms with Gasteiger partial charge in [-0.15, -0.1) is 0 Å². The summed E-state index contributed by atoms with van der Waals surface area (Å²) in [6.45, 7) is 2.87. The van der Waals surface area contributed by atoms with Crippen molar-refractivity contribution in [2.24, 2.45) is 0 Å². The molecule has 1 aromatic carbocycles. The number of hydrogen-bond donors (Lipinski definition) is 1. The standard InChI is InChI=1S/C15H23NO3/c1-4-5-10-16-15(17)9-7-12-6-8-13(18-2)14(11-12)19-3/h6,8,11H,4-5,7,9-10H2,1-3H3,(H,16,17). The Morgan fingerprint density at radius 2 is 1.95 bits per heavy atom. The van der Waals surface area contributed by atoms with E-state index in [0.717, 1.165) is 24.9 Å². The van der Waals surface area contributed by atoms with Crippen LogP contribution in [0.15, 0.2) is 18.2 Å². The maximum atomic E-state index is 11.6. The number of benzene rings is 1. The number of hydrogen-bond acceptors (Lipinski definition) is 3. The number of carbonyl (C=O) groups excluding carboxylic acids is 1. The van der Waals surface area contributed by atoms with Crippen molar-refractivity contribution in [3.63, 3.8) is 0 Å². The van der Waals surface area contributed by atoms with Crippen molar-refractivity contribution >= 4 is 5.91 Å². The van der Waals surface area contributed by atoms with Crippen LogP contribution in [0.3, 0.4) is 0 Å². The second-order valence-electron chi connectivity index (χ2n) is 4.39. The summed E-state index contributed by atoms with van der Waals surface area (Å²) in [6.07, 6.45) is 3.33. The first kappa shape index (κ1) is 15.3. The van der Waals surface area contributed by atoms with Gasteiger partial charge in [-0.2, -0.15) is 0 Å². The fourth-order valence-corrected chi connectivity index (χ4v) is 1.79. The Morgan fingerprint density at radius 3 is 2.58 bits per heavy atom. The van der Waals surface area contributed by atoms with Gasteiger partial charge in [-0.3, -0.25) is 4.79 Å². The van der Waals surface area contributed by atoms with E-state index in [2.05, 4.69) is 12.2 Å². The van der Waals surface area contributed by atoms with Crippen LogP contribution in [0.2, 0.25) is 0 Å². The van der Waals surface area contributed by atoms with Crippen molar-refractivity contribution in [2.75, 3.05) is 20.8 Å². The average Bonchev–Trinajstić information content (AvgIpc) is 2.45. The van der Waals surface area contributed by atoms with Crippen LogP contribution in [-0.4, -0.2) is 26.7 Å². The molecule has 4 nitrogen and oxygen atoms in total. The Hall–Kier alpha value is -1.71. The summed E-state index contributed by atoms with van der Waals surface area (Å²) >= 11 is 0. The van der Waals surface area contributed by atoms with Crippen molar-refractivity contribution in [3.05, 3.63) is 23.8 Å². The molecule has 4 heteroatoms. The second kappa shape index (κ2) is 8.40. The highest BCUT2D eigenvalue weighted by Gasteiger charge is 2.06. The van der Waals surface area contributed by atoms with Crippen LogP contribution in [0.1, 0.15) is 31.7 Å². The minimum Gasteiger partial charge on any atom is -0.493 e. The lowest BCUT2D eigenvalue weighted by molar-refractivity contribution is -0.121. The first-order valence-electron chi connectivity index (χ1n) is 6.68. The molecule has 0 aliphatic carbocycles. The Labute approximate surface area is 115 Å². The largest absolute Gasteiger partial charge is 0.493 e. The summed E-state index contributed by atoms with van der Waals surface area (Å²) in [6, 6.07) is 5.74. The zero-order valence-electron chi connectivity index (χ0n) is 12.0. The molecule has 0 fully saturated rings. The number of ether oxygens (including phenoxy) is 2. The molecule has 0 saturated heterocycles. The van der Waals surface area contributed by atoms with Crippen molar-refractivity contribution in [2.45, 2.75) is 32.6 Å². The number of carbonyl (C=O) groups is 1. The molecule has 0 aromatic heterocycles. The van der Waals surface area contributed by atoms with Gasteiger partial charge in [0, 0.05) is 13.0 Å². The maximum Gasteiger partial charge on any atom is 0.220 e. The number of unbranched alkanes of at least 4 members (excludes halogenated alkanes) is 1. The highest BCUT2D eigenvalue weighted by molar-refractivity contribution is 5.76. The van der Waals surface area contributed by atoms with E-state index >= 15 is 0 Å². The molecular weight excluding hydrogens is 242 g/mol. The lowest BCUT2D eigenvalue weighted by Crippen LogP contribution is -2.24. The quantitative estimate of drug-likeness (QED) is 0.735. The van der Waals surface area contributed by atoms with E-state index in [0.29, 0.717) is 24.3 Å². The number of amides is 1. The zero-order valence-corrected chi connectivity index (χ0v) is 12.0. The number of rotatable bonds is 8. The van der Waals surface area contributed by atoms with Crippen molar-refractivity contribution in [1.82, 2.24) is 5.32 Å². The fraction of sp³-hybridized carbons (Fsp3) is 0.533. The van der Waals surface area contributed by atoms with Gasteiger partial charge in [0.05, 0.1) is 14.2 Å². The summed E-state index contributed by atoms with van der Waals surface area (Å²) in [5.74, 6) is 1.51. The van der Waals surface area contributed by atoms with Gasteiger partial charge in [-0.05, 0) is 30.5 Å². The third kappa shape index (κ3) is 5.20. The molecule has 0 saturated carbocycles. The van der Waals surface area contributed by atoms with E-state index in [1.54, 1.807) is 14.2 Å². The minimum absolute atomic E-state index is 0.100. The van der Waals surface area contributed by atoms with E-state index in [1.165, 1.54) is 0 Å². The molecule has 1 aromatic rings. The van der Waals surface area contributed by atoms with Crippen LogP contribution < -0.4 is 14.8 Å². The maximum absolute atomic E-state index is 11.6. The second-order valence-corrected chi connectivity index (χ2v) is 4.39. The third-order valence-electron chi connectivity index (χ3n) is 2.94. The van der Waals surface area contributed by atoms with Gasteiger partial charge < -0.3 is 14.8 Å². The predicted octanol–water partition coefficient (Wildman–Crippen LogP) is 2.55. The molecule has 0 heterocycles. The highest BCUT2D eigenvalue weighted by Crippen LogP contribution is 2.27. The van der Waals surface area contributed by atoms with Crippen LogP contribution >= 0.6 is 0 Å². The normalized spacial score (nSPS) is 10.1. The molecule has 0 aliphatic rings. The van der Waals surface area contributed by atoms with Crippen molar-refractivity contribution in [3.8, 4) is 11.5 Å². The molecule has 106 valence electrons. The number of aryl methyl sites for hydroxylation is 1. The van der Waals surface area contributed by atoms with E-state index < -0.39 is 0 Å². The summed E-state index contributed by atoms with van der Waals surface area (Å²) in [5.41, 5.74) is 1.07. The number of methoxy groups -OCH3 is 2. The van der Waals surface area contributed by atoms with Gasteiger partial charge in [0.2, 0.25) is 5.91 Å². The van der Waals surface area contributed by atoms with Crippen LogP contribution in [0.25, 0.3) is 0 Å². The van der Waals surface area contributed by atoms with Gasteiger partial charge >= 0.3 is 0 Å². The first-order valence-corrected chi connectivity index (χ1v) is 6.68. The molecule has 0 atom stereocenters. The molecule has 1 amide bonds. The molecule has 0 aliphatic heterocycles. The molecule has 0 spiro atoms. The topological polar surface area (TPSA) is 47.6 Å². The summed E-state index contributed by atoms with van der Waals surface area (Å²) in [4.78, 5) is 11.6. The first-order chi connectivity index (χ1) is 9.21. The highest BCUT2D eigenvalue weighted by atomic mass is 16.5. The Kier molecular flexibility index (Phi) is 6.79. The van der Waals surface area contributed by atoms with Crippen LogP contribution in [0, 0.1) is 0 Å². The monoisotopic (exact) mass is 265 g/mol.